The number of aliphatic hydroxyl groups is 1. The topological polar surface area (TPSA) is 76.2 Å². The fourth-order valence-electron chi connectivity index (χ4n) is 1.71. The first kappa shape index (κ1) is 13.9. The van der Waals surface area contributed by atoms with Gasteiger partial charge in [0.15, 0.2) is 5.82 Å². The summed E-state index contributed by atoms with van der Waals surface area (Å²) in [6.07, 6.45) is 0.576. The Balaban J connectivity index is 2.02. The van der Waals surface area contributed by atoms with Gasteiger partial charge in [-0.3, -0.25) is 4.21 Å². The molecular formula is C13H16N2O3S. The zero-order valence-electron chi connectivity index (χ0n) is 10.7. The molecule has 5 nitrogen and oxygen atoms in total. The van der Waals surface area contributed by atoms with Crippen LogP contribution in [0.4, 0.5) is 0 Å². The van der Waals surface area contributed by atoms with Crippen molar-refractivity contribution in [2.75, 3.05) is 12.4 Å². The van der Waals surface area contributed by atoms with Gasteiger partial charge in [-0.05, 0) is 18.1 Å². The van der Waals surface area contributed by atoms with E-state index in [9.17, 15) is 4.21 Å². The highest BCUT2D eigenvalue weighted by molar-refractivity contribution is 7.84. The van der Waals surface area contributed by atoms with Crippen LogP contribution in [0.3, 0.4) is 0 Å². The normalized spacial score (nSPS) is 12.5. The van der Waals surface area contributed by atoms with E-state index in [2.05, 4.69) is 10.1 Å². The van der Waals surface area contributed by atoms with E-state index in [1.165, 1.54) is 5.56 Å². The largest absolute Gasteiger partial charge is 0.395 e. The highest BCUT2D eigenvalue weighted by Gasteiger charge is 2.11. The SMILES string of the molecule is Cc1ccccc1Cc1nc(CS(=O)CCO)no1. The minimum atomic E-state index is -1.14. The molecule has 0 aliphatic carbocycles. The summed E-state index contributed by atoms with van der Waals surface area (Å²) >= 11 is 0. The van der Waals surface area contributed by atoms with Crippen LogP contribution in [-0.4, -0.2) is 31.8 Å². The molecule has 0 saturated carbocycles. The standard InChI is InChI=1S/C13H16N2O3S/c1-10-4-2-3-5-11(10)8-13-14-12(15-18-13)9-19(17)7-6-16/h2-5,16H,6-9H2,1H3. The Labute approximate surface area is 114 Å². The second kappa shape index (κ2) is 6.58. The molecule has 6 heteroatoms. The quantitative estimate of drug-likeness (QED) is 0.860. The van der Waals surface area contributed by atoms with Crippen molar-refractivity contribution in [2.24, 2.45) is 0 Å². The molecule has 1 N–H and O–H groups in total. The van der Waals surface area contributed by atoms with Gasteiger partial charge in [-0.25, -0.2) is 0 Å². The van der Waals surface area contributed by atoms with Crippen molar-refractivity contribution in [3.05, 3.63) is 47.1 Å². The predicted octanol–water partition coefficient (Wildman–Crippen LogP) is 1.21. The van der Waals surface area contributed by atoms with E-state index in [4.69, 9.17) is 9.63 Å². The maximum absolute atomic E-state index is 11.5. The van der Waals surface area contributed by atoms with E-state index in [1.54, 1.807) is 0 Å². The molecular weight excluding hydrogens is 264 g/mol. The number of benzene rings is 1. The molecule has 0 aliphatic rings. The van der Waals surface area contributed by atoms with Gasteiger partial charge in [-0.15, -0.1) is 0 Å². The number of hydrogen-bond acceptors (Lipinski definition) is 5. The molecule has 1 aromatic carbocycles. The maximum Gasteiger partial charge on any atom is 0.231 e. The smallest absolute Gasteiger partial charge is 0.231 e. The van der Waals surface area contributed by atoms with E-state index in [0.717, 1.165) is 5.56 Å². The highest BCUT2D eigenvalue weighted by atomic mass is 32.2. The van der Waals surface area contributed by atoms with E-state index in [1.807, 2.05) is 31.2 Å². The first-order valence-electron chi connectivity index (χ1n) is 6.01. The molecule has 19 heavy (non-hydrogen) atoms. The van der Waals surface area contributed by atoms with E-state index >= 15 is 0 Å². The lowest BCUT2D eigenvalue weighted by atomic mass is 10.1. The van der Waals surface area contributed by atoms with Crippen LogP contribution in [0.15, 0.2) is 28.8 Å². The summed E-state index contributed by atoms with van der Waals surface area (Å²) in [6, 6.07) is 8.00. The molecule has 0 bridgehead atoms. The van der Waals surface area contributed by atoms with Crippen LogP contribution in [0.1, 0.15) is 22.8 Å². The lowest BCUT2D eigenvalue weighted by Crippen LogP contribution is -2.05. The van der Waals surface area contributed by atoms with Crippen molar-refractivity contribution in [2.45, 2.75) is 19.1 Å². The van der Waals surface area contributed by atoms with Gasteiger partial charge in [0.25, 0.3) is 0 Å². The molecule has 1 heterocycles. The molecule has 2 aromatic rings. The van der Waals surface area contributed by atoms with Gasteiger partial charge in [0, 0.05) is 16.6 Å². The number of hydrogen-bond donors (Lipinski definition) is 1. The Kier molecular flexibility index (Phi) is 4.81. The molecule has 1 aromatic heterocycles. The van der Waals surface area contributed by atoms with Gasteiger partial charge in [0.1, 0.15) is 0 Å². The van der Waals surface area contributed by atoms with Gasteiger partial charge >= 0.3 is 0 Å². The Morgan fingerprint density at radius 2 is 2.16 bits per heavy atom. The highest BCUT2D eigenvalue weighted by Crippen LogP contribution is 2.12. The minimum absolute atomic E-state index is 0.0967. The maximum atomic E-state index is 11.5. The molecule has 1 unspecified atom stereocenters. The van der Waals surface area contributed by atoms with Crippen LogP contribution < -0.4 is 0 Å². The number of aromatic nitrogens is 2. The van der Waals surface area contributed by atoms with Gasteiger partial charge in [-0.2, -0.15) is 4.98 Å². The van der Waals surface area contributed by atoms with Crippen LogP contribution in [0, 0.1) is 6.92 Å². The van der Waals surface area contributed by atoms with Crippen molar-refractivity contribution >= 4 is 10.8 Å². The van der Waals surface area contributed by atoms with Crippen molar-refractivity contribution < 1.29 is 13.8 Å². The van der Waals surface area contributed by atoms with Crippen LogP contribution >= 0.6 is 0 Å². The second-order valence-electron chi connectivity index (χ2n) is 4.22. The zero-order valence-corrected chi connectivity index (χ0v) is 11.5. The van der Waals surface area contributed by atoms with Gasteiger partial charge in [-0.1, -0.05) is 29.4 Å². The van der Waals surface area contributed by atoms with Gasteiger partial charge in [0.2, 0.25) is 5.89 Å². The van der Waals surface area contributed by atoms with Crippen molar-refractivity contribution in [1.29, 1.82) is 0 Å². The van der Waals surface area contributed by atoms with Gasteiger partial charge in [0.05, 0.1) is 18.8 Å². The molecule has 0 fully saturated rings. The third kappa shape index (κ3) is 3.97. The van der Waals surface area contributed by atoms with Gasteiger partial charge < -0.3 is 9.63 Å². The number of aliphatic hydroxyl groups excluding tert-OH is 1. The Morgan fingerprint density at radius 1 is 1.37 bits per heavy atom. The molecule has 0 radical (unpaired) electrons. The third-order valence-corrected chi connectivity index (χ3v) is 3.94. The summed E-state index contributed by atoms with van der Waals surface area (Å²) in [5.74, 6) is 1.40. The fourth-order valence-corrected chi connectivity index (χ4v) is 2.46. The number of nitrogens with zero attached hydrogens (tertiary/aromatic N) is 2. The summed E-state index contributed by atoms with van der Waals surface area (Å²) in [5, 5.41) is 12.5. The predicted molar refractivity (Wildman–Crippen MR) is 72.1 cm³/mol. The molecule has 0 saturated heterocycles. The molecule has 102 valence electrons. The summed E-state index contributed by atoms with van der Waals surface area (Å²) in [7, 11) is -1.14. The van der Waals surface area contributed by atoms with Crippen LogP contribution in [-0.2, 0) is 23.0 Å². The summed E-state index contributed by atoms with van der Waals surface area (Å²) < 4.78 is 16.6. The Morgan fingerprint density at radius 3 is 2.89 bits per heavy atom. The summed E-state index contributed by atoms with van der Waals surface area (Å²) in [6.45, 7) is 1.93. The fraction of sp³-hybridized carbons (Fsp3) is 0.385. The number of rotatable bonds is 6. The second-order valence-corrected chi connectivity index (χ2v) is 5.80. The molecule has 0 aliphatic heterocycles. The van der Waals surface area contributed by atoms with E-state index in [-0.39, 0.29) is 18.1 Å². The third-order valence-electron chi connectivity index (χ3n) is 2.72. The zero-order chi connectivity index (χ0) is 13.7. The number of aryl methyl sites for hydroxylation is 1. The van der Waals surface area contributed by atoms with Crippen LogP contribution in [0.5, 0.6) is 0 Å². The average Bonchev–Trinajstić information content (AvgIpc) is 2.80. The molecule has 1 atom stereocenters. The molecule has 0 amide bonds. The van der Waals surface area contributed by atoms with Crippen LogP contribution in [0.2, 0.25) is 0 Å². The van der Waals surface area contributed by atoms with Crippen LogP contribution in [0.25, 0.3) is 0 Å². The first-order chi connectivity index (χ1) is 9.19. The summed E-state index contributed by atoms with van der Waals surface area (Å²) in [4.78, 5) is 4.22. The minimum Gasteiger partial charge on any atom is -0.395 e. The van der Waals surface area contributed by atoms with E-state index < -0.39 is 10.8 Å². The van der Waals surface area contributed by atoms with Crippen molar-refractivity contribution in [1.82, 2.24) is 10.1 Å². The first-order valence-corrected chi connectivity index (χ1v) is 7.49. The van der Waals surface area contributed by atoms with Crippen molar-refractivity contribution in [3.8, 4) is 0 Å². The lowest BCUT2D eigenvalue weighted by Gasteiger charge is -2.00. The molecule has 0 spiro atoms. The lowest BCUT2D eigenvalue weighted by molar-refractivity contribution is 0.321. The molecule has 2 rings (SSSR count). The monoisotopic (exact) mass is 280 g/mol. The Bertz CT molecular complexity index is 569. The summed E-state index contributed by atoms with van der Waals surface area (Å²) in [5.41, 5.74) is 2.31. The van der Waals surface area contributed by atoms with Crippen molar-refractivity contribution in [3.63, 3.8) is 0 Å². The Hall–Kier alpha value is -1.53. The van der Waals surface area contributed by atoms with E-state index in [0.29, 0.717) is 18.1 Å². The average molecular weight is 280 g/mol.